The number of hydrogen-bond acceptors (Lipinski definition) is 1. The molecule has 0 saturated carbocycles. The van der Waals surface area contributed by atoms with E-state index in [2.05, 4.69) is 51.4 Å². The van der Waals surface area contributed by atoms with E-state index in [1.807, 2.05) is 24.4 Å². The van der Waals surface area contributed by atoms with Crippen molar-refractivity contribution in [2.24, 2.45) is 0 Å². The van der Waals surface area contributed by atoms with Gasteiger partial charge >= 0.3 is 0 Å². The highest BCUT2D eigenvalue weighted by atomic mass is 79.9. The minimum Gasteiger partial charge on any atom is -0.381 e. The Morgan fingerprint density at radius 2 is 2.05 bits per heavy atom. The second kappa shape index (κ2) is 5.51. The van der Waals surface area contributed by atoms with Crippen molar-refractivity contribution in [1.29, 1.82) is 0 Å². The summed E-state index contributed by atoms with van der Waals surface area (Å²) in [7, 11) is 0. The molecule has 0 bridgehead atoms. The molecular weight excluding hydrogens is 336 g/mol. The zero-order chi connectivity index (χ0) is 14.1. The molecule has 2 N–H and O–H groups in total. The van der Waals surface area contributed by atoms with Gasteiger partial charge in [0.25, 0.3) is 0 Å². The van der Waals surface area contributed by atoms with Crippen LogP contribution in [0.5, 0.6) is 0 Å². The minimum absolute atomic E-state index is 0.752. The number of nitrogens with one attached hydrogen (secondary N) is 2. The maximum Gasteiger partial charge on any atom is 0.0472 e. The predicted octanol–water partition coefficient (Wildman–Crippen LogP) is 5.50. The summed E-state index contributed by atoms with van der Waals surface area (Å²) in [5, 5.41) is 5.43. The molecule has 1 heterocycles. The molecule has 0 aliphatic carbocycles. The number of aromatic nitrogens is 1. The Hall–Kier alpha value is -1.45. The number of fused-ring (bicyclic) bond motifs is 1. The van der Waals surface area contributed by atoms with Crippen LogP contribution in [-0.2, 0) is 6.54 Å². The molecular formula is C16H14BrClN2. The van der Waals surface area contributed by atoms with E-state index in [4.69, 9.17) is 11.6 Å². The molecule has 2 aromatic carbocycles. The van der Waals surface area contributed by atoms with E-state index in [1.165, 1.54) is 16.5 Å². The van der Waals surface area contributed by atoms with Crippen molar-refractivity contribution in [2.75, 3.05) is 5.32 Å². The van der Waals surface area contributed by atoms with Crippen LogP contribution in [0.2, 0.25) is 5.02 Å². The highest BCUT2D eigenvalue weighted by Crippen LogP contribution is 2.24. The third kappa shape index (κ3) is 2.69. The van der Waals surface area contributed by atoms with Crippen molar-refractivity contribution < 1.29 is 0 Å². The van der Waals surface area contributed by atoms with Crippen LogP contribution >= 0.6 is 27.5 Å². The topological polar surface area (TPSA) is 27.8 Å². The third-order valence-corrected chi connectivity index (χ3v) is 4.12. The molecule has 0 saturated heterocycles. The molecule has 3 rings (SSSR count). The van der Waals surface area contributed by atoms with E-state index in [1.54, 1.807) is 0 Å². The van der Waals surface area contributed by atoms with Gasteiger partial charge in [0.2, 0.25) is 0 Å². The predicted molar refractivity (Wildman–Crippen MR) is 89.5 cm³/mol. The van der Waals surface area contributed by atoms with E-state index in [0.717, 1.165) is 27.2 Å². The summed E-state index contributed by atoms with van der Waals surface area (Å²) in [5.41, 5.74) is 4.68. The molecule has 0 unspecified atom stereocenters. The van der Waals surface area contributed by atoms with Gasteiger partial charge in [0.1, 0.15) is 0 Å². The van der Waals surface area contributed by atoms with E-state index < -0.39 is 0 Å². The number of aryl methyl sites for hydroxylation is 1. The summed E-state index contributed by atoms with van der Waals surface area (Å²) in [6.45, 7) is 2.88. The van der Waals surface area contributed by atoms with Gasteiger partial charge in [0.15, 0.2) is 0 Å². The lowest BCUT2D eigenvalue weighted by Crippen LogP contribution is -2.00. The average Bonchev–Trinajstić information content (AvgIpc) is 2.80. The highest BCUT2D eigenvalue weighted by molar-refractivity contribution is 9.10. The summed E-state index contributed by atoms with van der Waals surface area (Å²) >= 11 is 9.48. The van der Waals surface area contributed by atoms with Crippen molar-refractivity contribution in [3.63, 3.8) is 0 Å². The summed E-state index contributed by atoms with van der Waals surface area (Å²) in [4.78, 5) is 3.26. The highest BCUT2D eigenvalue weighted by Gasteiger charge is 2.05. The molecule has 1 aromatic heterocycles. The Kier molecular flexibility index (Phi) is 3.72. The zero-order valence-corrected chi connectivity index (χ0v) is 13.3. The number of aromatic amines is 1. The molecule has 0 atom stereocenters. The van der Waals surface area contributed by atoms with E-state index in [0.29, 0.717) is 0 Å². The van der Waals surface area contributed by atoms with Crippen molar-refractivity contribution >= 4 is 44.1 Å². The summed E-state index contributed by atoms with van der Waals surface area (Å²) in [6.07, 6.45) is 2.03. The molecule has 20 heavy (non-hydrogen) atoms. The largest absolute Gasteiger partial charge is 0.381 e. The molecule has 0 fully saturated rings. The van der Waals surface area contributed by atoms with Gasteiger partial charge in [-0.3, -0.25) is 0 Å². The van der Waals surface area contributed by atoms with Gasteiger partial charge in [-0.25, -0.2) is 0 Å². The van der Waals surface area contributed by atoms with Gasteiger partial charge in [-0.1, -0.05) is 33.6 Å². The van der Waals surface area contributed by atoms with Crippen LogP contribution in [0.1, 0.15) is 11.1 Å². The van der Waals surface area contributed by atoms with Crippen LogP contribution in [0.25, 0.3) is 10.9 Å². The van der Waals surface area contributed by atoms with Gasteiger partial charge in [-0.2, -0.15) is 0 Å². The van der Waals surface area contributed by atoms with Gasteiger partial charge in [-0.15, -0.1) is 0 Å². The quantitative estimate of drug-likeness (QED) is 0.641. The van der Waals surface area contributed by atoms with Gasteiger partial charge in [0, 0.05) is 38.8 Å². The maximum absolute atomic E-state index is 6.00. The first-order valence-electron chi connectivity index (χ1n) is 6.39. The number of halogens is 2. The fourth-order valence-electron chi connectivity index (χ4n) is 2.32. The molecule has 0 aliphatic rings. The van der Waals surface area contributed by atoms with E-state index in [-0.39, 0.29) is 0 Å². The Morgan fingerprint density at radius 3 is 2.85 bits per heavy atom. The molecule has 102 valence electrons. The molecule has 3 aromatic rings. The molecule has 0 radical (unpaired) electrons. The van der Waals surface area contributed by atoms with Crippen LogP contribution in [0.3, 0.4) is 0 Å². The first-order valence-corrected chi connectivity index (χ1v) is 7.56. The SMILES string of the molecule is Cc1cc(Br)ccc1NCc1c[nH]c2cc(Cl)ccc12. The molecule has 0 aliphatic heterocycles. The Labute approximate surface area is 131 Å². The lowest BCUT2D eigenvalue weighted by molar-refractivity contribution is 1.15. The number of H-pyrrole nitrogens is 1. The molecule has 0 spiro atoms. The Morgan fingerprint density at radius 1 is 1.20 bits per heavy atom. The first kappa shape index (κ1) is 13.5. The number of hydrogen-bond donors (Lipinski definition) is 2. The fourth-order valence-corrected chi connectivity index (χ4v) is 2.97. The molecule has 0 amide bonds. The first-order chi connectivity index (χ1) is 9.63. The average molecular weight is 350 g/mol. The maximum atomic E-state index is 6.00. The van der Waals surface area contributed by atoms with Crippen molar-refractivity contribution in [2.45, 2.75) is 13.5 Å². The molecule has 2 nitrogen and oxygen atoms in total. The smallest absolute Gasteiger partial charge is 0.0472 e. The summed E-state index contributed by atoms with van der Waals surface area (Å²) in [6, 6.07) is 12.2. The number of anilines is 1. The standard InChI is InChI=1S/C16H14BrClN2/c1-10-6-12(17)2-5-15(10)19-8-11-9-20-16-7-13(18)3-4-14(11)16/h2-7,9,19-20H,8H2,1H3. The Balaban J connectivity index is 1.83. The van der Waals surface area contributed by atoms with Crippen molar-refractivity contribution in [3.05, 3.63) is 63.2 Å². The van der Waals surface area contributed by atoms with Gasteiger partial charge in [-0.05, 0) is 48.4 Å². The van der Waals surface area contributed by atoms with Crippen molar-refractivity contribution in [1.82, 2.24) is 4.98 Å². The number of rotatable bonds is 3. The molecule has 4 heteroatoms. The van der Waals surface area contributed by atoms with Gasteiger partial charge in [0.05, 0.1) is 0 Å². The van der Waals surface area contributed by atoms with Crippen molar-refractivity contribution in [3.8, 4) is 0 Å². The second-order valence-electron chi connectivity index (χ2n) is 4.82. The third-order valence-electron chi connectivity index (χ3n) is 3.39. The number of benzene rings is 2. The van der Waals surface area contributed by atoms with Crippen LogP contribution < -0.4 is 5.32 Å². The van der Waals surface area contributed by atoms with Gasteiger partial charge < -0.3 is 10.3 Å². The van der Waals surface area contributed by atoms with Crippen LogP contribution in [0, 0.1) is 6.92 Å². The zero-order valence-electron chi connectivity index (χ0n) is 11.0. The summed E-state index contributed by atoms with van der Waals surface area (Å²) < 4.78 is 1.10. The summed E-state index contributed by atoms with van der Waals surface area (Å²) in [5.74, 6) is 0. The van der Waals surface area contributed by atoms with Crippen LogP contribution in [0.4, 0.5) is 5.69 Å². The Bertz CT molecular complexity index is 764. The van der Waals surface area contributed by atoms with Crippen LogP contribution in [0.15, 0.2) is 47.1 Å². The monoisotopic (exact) mass is 348 g/mol. The minimum atomic E-state index is 0.752. The fraction of sp³-hybridized carbons (Fsp3) is 0.125. The van der Waals surface area contributed by atoms with E-state index in [9.17, 15) is 0 Å². The lowest BCUT2D eigenvalue weighted by Gasteiger charge is -2.09. The lowest BCUT2D eigenvalue weighted by atomic mass is 10.1. The second-order valence-corrected chi connectivity index (χ2v) is 6.17. The van der Waals surface area contributed by atoms with Crippen LogP contribution in [-0.4, -0.2) is 4.98 Å². The van der Waals surface area contributed by atoms with E-state index >= 15 is 0 Å². The normalized spacial score (nSPS) is 10.9.